The van der Waals surface area contributed by atoms with E-state index in [9.17, 15) is 4.79 Å². The summed E-state index contributed by atoms with van der Waals surface area (Å²) in [5.41, 5.74) is 3.99. The molecule has 0 aliphatic rings. The molecule has 3 heteroatoms. The van der Waals surface area contributed by atoms with E-state index in [1.165, 1.54) is 5.56 Å². The van der Waals surface area contributed by atoms with Gasteiger partial charge < -0.3 is 9.47 Å². The lowest BCUT2D eigenvalue weighted by atomic mass is 10.1. The molecule has 0 spiro atoms. The van der Waals surface area contributed by atoms with E-state index in [1.807, 2.05) is 66.7 Å². The average Bonchev–Trinajstić information content (AvgIpc) is 2.88. The Morgan fingerprint density at radius 3 is 2.12 bits per heavy atom. The highest BCUT2D eigenvalue weighted by Gasteiger charge is 2.00. The Morgan fingerprint density at radius 1 is 0.758 bits per heavy atom. The van der Waals surface area contributed by atoms with E-state index >= 15 is 0 Å². The minimum atomic E-state index is 0.00324. The van der Waals surface area contributed by atoms with Crippen molar-refractivity contribution in [2.75, 3.05) is 13.2 Å². The summed E-state index contributed by atoms with van der Waals surface area (Å²) in [5, 5.41) is 0. The molecule has 0 aliphatic carbocycles. The van der Waals surface area contributed by atoms with Crippen LogP contribution in [0.2, 0.25) is 0 Å². The van der Waals surface area contributed by atoms with E-state index in [0.717, 1.165) is 49.2 Å². The van der Waals surface area contributed by atoms with Gasteiger partial charge in [-0.3, -0.25) is 4.79 Å². The van der Waals surface area contributed by atoms with E-state index in [0.29, 0.717) is 18.8 Å². The van der Waals surface area contributed by atoms with Gasteiger partial charge in [0.05, 0.1) is 13.2 Å². The first-order valence-electron chi connectivity index (χ1n) is 11.5. The van der Waals surface area contributed by atoms with Crippen molar-refractivity contribution in [3.05, 3.63) is 114 Å². The van der Waals surface area contributed by atoms with Crippen LogP contribution >= 0.6 is 0 Å². The van der Waals surface area contributed by atoms with Gasteiger partial charge in [-0.1, -0.05) is 91.9 Å². The Hall–Kier alpha value is -3.43. The highest BCUT2D eigenvalue weighted by molar-refractivity contribution is 6.06. The quantitative estimate of drug-likeness (QED) is 0.149. The van der Waals surface area contributed by atoms with E-state index in [2.05, 4.69) is 30.8 Å². The standard InChI is InChI=1S/C30H32O3/c1-2-25-12-14-27(15-13-25)24-32-22-8-3-4-9-23-33-29-19-16-26(17-20-29)18-21-30(31)28-10-6-5-7-11-28/h2,5-7,10-21H,1,3-4,8-9,22-24H2. The normalized spacial score (nSPS) is 10.9. The summed E-state index contributed by atoms with van der Waals surface area (Å²) in [5.74, 6) is 0.857. The third-order valence-electron chi connectivity index (χ3n) is 5.30. The fourth-order valence-electron chi connectivity index (χ4n) is 3.34. The Kier molecular flexibility index (Phi) is 10.2. The molecular weight excluding hydrogens is 408 g/mol. The lowest BCUT2D eigenvalue weighted by Gasteiger charge is -2.07. The summed E-state index contributed by atoms with van der Waals surface area (Å²) in [6.07, 6.45) is 9.63. The molecule has 33 heavy (non-hydrogen) atoms. The molecule has 0 atom stereocenters. The Morgan fingerprint density at radius 2 is 1.42 bits per heavy atom. The molecule has 0 aromatic heterocycles. The zero-order valence-electron chi connectivity index (χ0n) is 19.1. The first kappa shape index (κ1) is 24.2. The number of benzene rings is 3. The van der Waals surface area contributed by atoms with Gasteiger partial charge in [-0.25, -0.2) is 0 Å². The van der Waals surface area contributed by atoms with Crippen LogP contribution in [-0.2, 0) is 11.3 Å². The first-order valence-corrected chi connectivity index (χ1v) is 11.5. The summed E-state index contributed by atoms with van der Waals surface area (Å²) in [6, 6.07) is 25.4. The molecular formula is C30H32O3. The molecule has 0 saturated heterocycles. The predicted molar refractivity (Wildman–Crippen MR) is 136 cm³/mol. The van der Waals surface area contributed by atoms with Crippen LogP contribution in [0.25, 0.3) is 12.2 Å². The van der Waals surface area contributed by atoms with Crippen LogP contribution in [-0.4, -0.2) is 19.0 Å². The largest absolute Gasteiger partial charge is 0.494 e. The van der Waals surface area contributed by atoms with Gasteiger partial charge in [-0.2, -0.15) is 0 Å². The number of hydrogen-bond donors (Lipinski definition) is 0. The minimum absolute atomic E-state index is 0.00324. The molecule has 3 rings (SSSR count). The molecule has 3 aromatic carbocycles. The van der Waals surface area contributed by atoms with Crippen molar-refractivity contribution in [1.82, 2.24) is 0 Å². The maximum absolute atomic E-state index is 12.1. The Balaban J connectivity index is 1.24. The van der Waals surface area contributed by atoms with Crippen molar-refractivity contribution in [2.24, 2.45) is 0 Å². The minimum Gasteiger partial charge on any atom is -0.494 e. The molecule has 0 heterocycles. The van der Waals surface area contributed by atoms with Gasteiger partial charge in [-0.05, 0) is 54.2 Å². The van der Waals surface area contributed by atoms with Crippen LogP contribution in [0.3, 0.4) is 0 Å². The fraction of sp³-hybridized carbons (Fsp3) is 0.233. The highest BCUT2D eigenvalue weighted by Crippen LogP contribution is 2.15. The molecule has 3 nitrogen and oxygen atoms in total. The summed E-state index contributed by atoms with van der Waals surface area (Å²) in [4.78, 5) is 12.1. The lowest BCUT2D eigenvalue weighted by Crippen LogP contribution is -1.99. The predicted octanol–water partition coefficient (Wildman–Crippen LogP) is 7.38. The maximum atomic E-state index is 12.1. The van der Waals surface area contributed by atoms with Crippen LogP contribution in [0.1, 0.15) is 52.7 Å². The number of unbranched alkanes of at least 4 members (excludes halogenated alkanes) is 3. The van der Waals surface area contributed by atoms with E-state index in [1.54, 1.807) is 6.08 Å². The number of carbonyl (C=O) groups is 1. The van der Waals surface area contributed by atoms with E-state index in [-0.39, 0.29) is 5.78 Å². The molecule has 0 amide bonds. The van der Waals surface area contributed by atoms with Gasteiger partial charge in [0, 0.05) is 12.2 Å². The SMILES string of the molecule is C=Cc1ccc(COCCCCCCOc2ccc(C=CC(=O)c3ccccc3)cc2)cc1. The van der Waals surface area contributed by atoms with Gasteiger partial charge in [0.15, 0.2) is 5.78 Å². The van der Waals surface area contributed by atoms with Gasteiger partial charge in [0.1, 0.15) is 5.75 Å². The van der Waals surface area contributed by atoms with Crippen molar-refractivity contribution in [1.29, 1.82) is 0 Å². The molecule has 0 fully saturated rings. The smallest absolute Gasteiger partial charge is 0.185 e. The molecule has 3 aromatic rings. The zero-order valence-corrected chi connectivity index (χ0v) is 19.1. The third-order valence-corrected chi connectivity index (χ3v) is 5.30. The van der Waals surface area contributed by atoms with Gasteiger partial charge in [0.25, 0.3) is 0 Å². The second-order valence-corrected chi connectivity index (χ2v) is 7.89. The van der Waals surface area contributed by atoms with Crippen molar-refractivity contribution in [3.8, 4) is 5.75 Å². The molecule has 0 saturated carbocycles. The molecule has 0 N–H and O–H groups in total. The number of ketones is 1. The van der Waals surface area contributed by atoms with Crippen LogP contribution in [0.5, 0.6) is 5.75 Å². The van der Waals surface area contributed by atoms with Crippen molar-refractivity contribution in [2.45, 2.75) is 32.3 Å². The summed E-state index contributed by atoms with van der Waals surface area (Å²) in [6.45, 7) is 5.92. The highest BCUT2D eigenvalue weighted by atomic mass is 16.5. The van der Waals surface area contributed by atoms with E-state index < -0.39 is 0 Å². The first-order chi connectivity index (χ1) is 16.2. The van der Waals surface area contributed by atoms with Gasteiger partial charge >= 0.3 is 0 Å². The van der Waals surface area contributed by atoms with Crippen LogP contribution in [0.15, 0.2) is 91.5 Å². The number of allylic oxidation sites excluding steroid dienone is 1. The number of hydrogen-bond acceptors (Lipinski definition) is 3. The molecule has 0 bridgehead atoms. The molecule has 0 unspecified atom stereocenters. The summed E-state index contributed by atoms with van der Waals surface area (Å²) >= 11 is 0. The van der Waals surface area contributed by atoms with Crippen molar-refractivity contribution < 1.29 is 14.3 Å². The second-order valence-electron chi connectivity index (χ2n) is 7.89. The van der Waals surface area contributed by atoms with Crippen LogP contribution in [0, 0.1) is 0 Å². The van der Waals surface area contributed by atoms with Gasteiger partial charge in [0.2, 0.25) is 0 Å². The zero-order chi connectivity index (χ0) is 23.1. The number of rotatable bonds is 14. The number of ether oxygens (including phenoxy) is 2. The summed E-state index contributed by atoms with van der Waals surface area (Å²) < 4.78 is 11.6. The second kappa shape index (κ2) is 13.9. The fourth-order valence-corrected chi connectivity index (χ4v) is 3.34. The third kappa shape index (κ3) is 8.91. The lowest BCUT2D eigenvalue weighted by molar-refractivity contribution is 0.104. The summed E-state index contributed by atoms with van der Waals surface area (Å²) in [7, 11) is 0. The van der Waals surface area contributed by atoms with Crippen LogP contribution in [0.4, 0.5) is 0 Å². The molecule has 170 valence electrons. The van der Waals surface area contributed by atoms with Gasteiger partial charge in [-0.15, -0.1) is 0 Å². The topological polar surface area (TPSA) is 35.5 Å². The average molecular weight is 441 g/mol. The van der Waals surface area contributed by atoms with Crippen molar-refractivity contribution in [3.63, 3.8) is 0 Å². The van der Waals surface area contributed by atoms with E-state index in [4.69, 9.17) is 9.47 Å². The monoisotopic (exact) mass is 440 g/mol. The van der Waals surface area contributed by atoms with Crippen molar-refractivity contribution >= 4 is 17.9 Å². The number of carbonyl (C=O) groups excluding carboxylic acids is 1. The Bertz CT molecular complexity index is 1000. The molecule has 0 aliphatic heterocycles. The maximum Gasteiger partial charge on any atom is 0.185 e. The van der Waals surface area contributed by atoms with Crippen LogP contribution < -0.4 is 4.74 Å². The Labute approximate surface area is 197 Å². The molecule has 0 radical (unpaired) electrons.